The predicted octanol–water partition coefficient (Wildman–Crippen LogP) is 4.39. The molecule has 226 valence electrons. The second-order valence-corrected chi connectivity index (χ2v) is 10.3. The number of methoxy groups -OCH3 is 1. The number of ether oxygens (including phenoxy) is 2. The van der Waals surface area contributed by atoms with Crippen LogP contribution in [-0.2, 0) is 14.3 Å². The Kier molecular flexibility index (Phi) is 9.92. The molecule has 4 amide bonds. The van der Waals surface area contributed by atoms with Crippen molar-refractivity contribution in [2.75, 3.05) is 32.1 Å². The molecule has 3 N–H and O–H groups in total. The molecule has 0 spiro atoms. The lowest BCUT2D eigenvalue weighted by molar-refractivity contribution is -0.274. The molecule has 1 atom stereocenters. The van der Waals surface area contributed by atoms with E-state index in [9.17, 15) is 32.3 Å². The summed E-state index contributed by atoms with van der Waals surface area (Å²) in [7, 11) is 1.27. The molecular formula is C29H33F3N4O6. The zero-order valence-electron chi connectivity index (χ0n) is 23.0. The Morgan fingerprint density at radius 1 is 0.952 bits per heavy atom. The van der Waals surface area contributed by atoms with Gasteiger partial charge in [-0.2, -0.15) is 0 Å². The zero-order chi connectivity index (χ0) is 30.3. The summed E-state index contributed by atoms with van der Waals surface area (Å²) in [6.45, 7) is 1.27. The molecule has 2 aromatic carbocycles. The van der Waals surface area contributed by atoms with Crippen LogP contribution < -0.4 is 20.7 Å². The standard InChI is InChI=1S/C29H33F3N4O6/c1-41-24(37)12-15-33-26(38)20-4-2-18(3-5-20)25(19-13-16-36(17-14-19)27(39)21-6-7-21)35-28(40)34-22-8-10-23(11-9-22)42-29(30,31)32/h2-5,8-11,19,21,25H,6-7,12-17H2,1H3,(H,33,38)(H2,34,35,40). The van der Waals surface area contributed by atoms with Gasteiger partial charge in [-0.15, -0.1) is 13.2 Å². The van der Waals surface area contributed by atoms with Crippen LogP contribution in [0.25, 0.3) is 0 Å². The number of alkyl halides is 3. The fourth-order valence-electron chi connectivity index (χ4n) is 4.89. The van der Waals surface area contributed by atoms with Crippen molar-refractivity contribution in [1.29, 1.82) is 0 Å². The van der Waals surface area contributed by atoms with Crippen molar-refractivity contribution in [3.63, 3.8) is 0 Å². The molecule has 1 unspecified atom stereocenters. The third-order valence-electron chi connectivity index (χ3n) is 7.26. The molecule has 2 aromatic rings. The molecule has 1 saturated carbocycles. The van der Waals surface area contributed by atoms with Crippen LogP contribution in [0.4, 0.5) is 23.7 Å². The van der Waals surface area contributed by atoms with E-state index in [1.54, 1.807) is 24.3 Å². The summed E-state index contributed by atoms with van der Waals surface area (Å²) < 4.78 is 45.8. The second kappa shape index (κ2) is 13.6. The lowest BCUT2D eigenvalue weighted by Crippen LogP contribution is -2.44. The molecule has 13 heteroatoms. The average molecular weight is 591 g/mol. The highest BCUT2D eigenvalue weighted by Crippen LogP contribution is 2.35. The minimum atomic E-state index is -4.82. The molecule has 1 heterocycles. The first-order valence-corrected chi connectivity index (χ1v) is 13.7. The number of likely N-dealkylation sites (tertiary alicyclic amines) is 1. The molecule has 4 rings (SSSR count). The maximum Gasteiger partial charge on any atom is 0.573 e. The molecule has 0 bridgehead atoms. The van der Waals surface area contributed by atoms with E-state index in [1.165, 1.54) is 19.2 Å². The van der Waals surface area contributed by atoms with Gasteiger partial charge in [0.05, 0.1) is 19.6 Å². The second-order valence-electron chi connectivity index (χ2n) is 10.3. The number of benzene rings is 2. The third-order valence-corrected chi connectivity index (χ3v) is 7.26. The van der Waals surface area contributed by atoms with Crippen molar-refractivity contribution in [3.8, 4) is 5.75 Å². The average Bonchev–Trinajstić information content (AvgIpc) is 3.82. The van der Waals surface area contributed by atoms with Crippen LogP contribution in [0.3, 0.4) is 0 Å². The maximum absolute atomic E-state index is 13.0. The highest BCUT2D eigenvalue weighted by Gasteiger charge is 2.37. The summed E-state index contributed by atoms with van der Waals surface area (Å²) in [6.07, 6.45) is -1.62. The van der Waals surface area contributed by atoms with E-state index >= 15 is 0 Å². The Morgan fingerprint density at radius 3 is 2.17 bits per heavy atom. The Balaban J connectivity index is 1.42. The maximum atomic E-state index is 13.0. The van der Waals surface area contributed by atoms with E-state index in [1.807, 2.05) is 4.90 Å². The van der Waals surface area contributed by atoms with Crippen molar-refractivity contribution >= 4 is 29.5 Å². The van der Waals surface area contributed by atoms with Crippen molar-refractivity contribution in [1.82, 2.24) is 15.5 Å². The van der Waals surface area contributed by atoms with Gasteiger partial charge in [0, 0.05) is 36.8 Å². The Labute approximate surface area is 240 Å². The number of nitrogens with one attached hydrogen (secondary N) is 3. The predicted molar refractivity (Wildman–Crippen MR) is 145 cm³/mol. The minimum Gasteiger partial charge on any atom is -0.469 e. The van der Waals surface area contributed by atoms with Crippen LogP contribution in [0, 0.1) is 11.8 Å². The van der Waals surface area contributed by atoms with Gasteiger partial charge in [-0.05, 0) is 73.6 Å². The fraction of sp³-hybridized carbons (Fsp3) is 0.448. The number of anilines is 1. The van der Waals surface area contributed by atoms with E-state index in [2.05, 4.69) is 25.4 Å². The lowest BCUT2D eigenvalue weighted by Gasteiger charge is -2.36. The van der Waals surface area contributed by atoms with Gasteiger partial charge in [0.25, 0.3) is 5.91 Å². The van der Waals surface area contributed by atoms with Crippen LogP contribution in [-0.4, -0.2) is 61.8 Å². The molecule has 0 radical (unpaired) electrons. The van der Waals surface area contributed by atoms with E-state index in [0.717, 1.165) is 30.5 Å². The van der Waals surface area contributed by atoms with Crippen LogP contribution in [0.2, 0.25) is 0 Å². The van der Waals surface area contributed by atoms with Crippen LogP contribution >= 0.6 is 0 Å². The molecule has 42 heavy (non-hydrogen) atoms. The highest BCUT2D eigenvalue weighted by atomic mass is 19.4. The Bertz CT molecular complexity index is 1260. The normalized spacial score (nSPS) is 16.2. The molecule has 1 saturated heterocycles. The van der Waals surface area contributed by atoms with Gasteiger partial charge in [0.1, 0.15) is 5.75 Å². The summed E-state index contributed by atoms with van der Waals surface area (Å²) in [4.78, 5) is 51.2. The highest BCUT2D eigenvalue weighted by molar-refractivity contribution is 5.94. The van der Waals surface area contributed by atoms with Crippen LogP contribution in [0.1, 0.15) is 54.1 Å². The summed E-state index contributed by atoms with van der Waals surface area (Å²) in [5.41, 5.74) is 1.39. The number of carbonyl (C=O) groups is 4. The van der Waals surface area contributed by atoms with E-state index in [0.29, 0.717) is 31.5 Å². The summed E-state index contributed by atoms with van der Waals surface area (Å²) >= 11 is 0. The van der Waals surface area contributed by atoms with Gasteiger partial charge in [-0.3, -0.25) is 14.4 Å². The number of carbonyl (C=O) groups excluding carboxylic acids is 4. The van der Waals surface area contributed by atoms with E-state index < -0.39 is 30.2 Å². The summed E-state index contributed by atoms with van der Waals surface area (Å²) in [5.74, 6) is -0.919. The number of halogens is 3. The topological polar surface area (TPSA) is 126 Å². The van der Waals surface area contributed by atoms with Crippen molar-refractivity contribution in [2.45, 2.75) is 44.5 Å². The monoisotopic (exact) mass is 590 g/mol. The minimum absolute atomic E-state index is 0.0127. The first-order chi connectivity index (χ1) is 20.0. The van der Waals surface area contributed by atoms with Crippen molar-refractivity contribution in [2.24, 2.45) is 11.8 Å². The Hall–Kier alpha value is -4.29. The first kappa shape index (κ1) is 30.7. The van der Waals surface area contributed by atoms with Crippen molar-refractivity contribution in [3.05, 3.63) is 59.7 Å². The van der Waals surface area contributed by atoms with Gasteiger partial charge >= 0.3 is 18.4 Å². The van der Waals surface area contributed by atoms with Gasteiger partial charge in [0.15, 0.2) is 0 Å². The zero-order valence-corrected chi connectivity index (χ0v) is 23.0. The number of urea groups is 1. The Morgan fingerprint density at radius 2 is 1.60 bits per heavy atom. The molecule has 1 aliphatic heterocycles. The molecule has 2 fully saturated rings. The molecule has 10 nitrogen and oxygen atoms in total. The molecule has 0 aromatic heterocycles. The number of amides is 4. The smallest absolute Gasteiger partial charge is 0.469 e. The molecular weight excluding hydrogens is 557 g/mol. The van der Waals surface area contributed by atoms with Gasteiger partial charge in [0.2, 0.25) is 5.91 Å². The number of nitrogens with zero attached hydrogens (tertiary/aromatic N) is 1. The van der Waals surface area contributed by atoms with E-state index in [-0.39, 0.29) is 42.3 Å². The fourth-order valence-corrected chi connectivity index (χ4v) is 4.89. The van der Waals surface area contributed by atoms with Crippen LogP contribution in [0.15, 0.2) is 48.5 Å². The number of rotatable bonds is 10. The molecule has 1 aliphatic carbocycles. The molecule has 2 aliphatic rings. The van der Waals surface area contributed by atoms with Gasteiger partial charge < -0.3 is 30.3 Å². The number of hydrogen-bond donors (Lipinski definition) is 3. The summed E-state index contributed by atoms with van der Waals surface area (Å²) in [6, 6.07) is 10.5. The van der Waals surface area contributed by atoms with Gasteiger partial charge in [-0.25, -0.2) is 4.79 Å². The number of esters is 1. The van der Waals surface area contributed by atoms with Crippen LogP contribution in [0.5, 0.6) is 5.75 Å². The van der Waals surface area contributed by atoms with Crippen molar-refractivity contribution < 1.29 is 41.8 Å². The number of hydrogen-bond acceptors (Lipinski definition) is 6. The third kappa shape index (κ3) is 8.85. The van der Waals surface area contributed by atoms with Gasteiger partial charge in [-0.1, -0.05) is 12.1 Å². The summed E-state index contributed by atoms with van der Waals surface area (Å²) in [5, 5.41) is 8.26. The lowest BCUT2D eigenvalue weighted by atomic mass is 9.85. The largest absolute Gasteiger partial charge is 0.573 e. The van der Waals surface area contributed by atoms with E-state index in [4.69, 9.17) is 0 Å². The first-order valence-electron chi connectivity index (χ1n) is 13.7. The quantitative estimate of drug-likeness (QED) is 0.353. The SMILES string of the molecule is COC(=O)CCNC(=O)c1ccc(C(NC(=O)Nc2ccc(OC(F)(F)F)cc2)C2CCN(C(=O)C3CC3)CC2)cc1. The number of piperidine rings is 1.